The molecule has 0 bridgehead atoms. The highest BCUT2D eigenvalue weighted by atomic mass is 32.2. The Labute approximate surface area is 170 Å². The Hall–Kier alpha value is -3.00. The third kappa shape index (κ3) is 5.99. The highest BCUT2D eigenvalue weighted by Gasteiger charge is 2.21. The predicted octanol–water partition coefficient (Wildman–Crippen LogP) is 4.01. The van der Waals surface area contributed by atoms with Gasteiger partial charge in [0.15, 0.2) is 11.5 Å². The fraction of sp³-hybridized carbons (Fsp3) is 0.286. The van der Waals surface area contributed by atoms with E-state index in [0.29, 0.717) is 17.7 Å². The Morgan fingerprint density at radius 3 is 2.48 bits per heavy atom. The Kier molecular flexibility index (Phi) is 7.67. The second kappa shape index (κ2) is 9.97. The Morgan fingerprint density at radius 2 is 1.86 bits per heavy atom. The van der Waals surface area contributed by atoms with Gasteiger partial charge in [-0.3, -0.25) is 0 Å². The van der Waals surface area contributed by atoms with Crippen molar-refractivity contribution in [2.75, 3.05) is 13.7 Å². The SMILES string of the molecule is CCCCOc1cc(C=C(OC)C(=O)O)ccc1OS(=O)(=O)c1ccccc1C. The van der Waals surface area contributed by atoms with Crippen molar-refractivity contribution in [3.05, 3.63) is 59.4 Å². The van der Waals surface area contributed by atoms with E-state index in [0.717, 1.165) is 12.8 Å². The van der Waals surface area contributed by atoms with E-state index in [2.05, 4.69) is 0 Å². The molecule has 29 heavy (non-hydrogen) atoms. The van der Waals surface area contributed by atoms with Gasteiger partial charge in [0.1, 0.15) is 4.90 Å². The lowest BCUT2D eigenvalue weighted by Gasteiger charge is -2.14. The normalized spacial score (nSPS) is 11.8. The minimum Gasteiger partial charge on any atom is -0.490 e. The molecule has 0 radical (unpaired) electrons. The summed E-state index contributed by atoms with van der Waals surface area (Å²) < 4.78 is 41.3. The van der Waals surface area contributed by atoms with Crippen molar-refractivity contribution in [2.45, 2.75) is 31.6 Å². The van der Waals surface area contributed by atoms with Gasteiger partial charge in [-0.05, 0) is 48.7 Å². The van der Waals surface area contributed by atoms with Crippen LogP contribution in [0.3, 0.4) is 0 Å². The molecule has 0 fully saturated rings. The number of hydrogen-bond acceptors (Lipinski definition) is 6. The maximum Gasteiger partial charge on any atom is 0.371 e. The smallest absolute Gasteiger partial charge is 0.371 e. The van der Waals surface area contributed by atoms with Crippen molar-refractivity contribution >= 4 is 22.2 Å². The highest BCUT2D eigenvalue weighted by molar-refractivity contribution is 7.87. The van der Waals surface area contributed by atoms with Gasteiger partial charge in [-0.25, -0.2) is 4.79 Å². The molecule has 7 nitrogen and oxygen atoms in total. The van der Waals surface area contributed by atoms with E-state index < -0.39 is 16.1 Å². The number of aryl methyl sites for hydroxylation is 1. The van der Waals surface area contributed by atoms with Crippen LogP contribution < -0.4 is 8.92 Å². The summed E-state index contributed by atoms with van der Waals surface area (Å²) in [6.45, 7) is 4.04. The Bertz CT molecular complexity index is 994. The van der Waals surface area contributed by atoms with E-state index in [-0.39, 0.29) is 22.2 Å². The van der Waals surface area contributed by atoms with Crippen molar-refractivity contribution in [3.63, 3.8) is 0 Å². The van der Waals surface area contributed by atoms with Gasteiger partial charge in [-0.2, -0.15) is 8.42 Å². The zero-order chi connectivity index (χ0) is 21.4. The lowest BCUT2D eigenvalue weighted by atomic mass is 10.2. The molecule has 0 aliphatic heterocycles. The third-order valence-corrected chi connectivity index (χ3v) is 5.41. The summed E-state index contributed by atoms with van der Waals surface area (Å²) in [5, 5.41) is 9.11. The molecule has 0 heterocycles. The van der Waals surface area contributed by atoms with Crippen LogP contribution >= 0.6 is 0 Å². The van der Waals surface area contributed by atoms with Crippen LogP contribution in [0.25, 0.3) is 6.08 Å². The fourth-order valence-electron chi connectivity index (χ4n) is 2.48. The van der Waals surface area contributed by atoms with Gasteiger partial charge in [0.2, 0.25) is 5.76 Å². The van der Waals surface area contributed by atoms with Gasteiger partial charge in [0.05, 0.1) is 13.7 Å². The van der Waals surface area contributed by atoms with E-state index in [9.17, 15) is 13.2 Å². The fourth-order valence-corrected chi connectivity index (χ4v) is 3.65. The number of carbonyl (C=O) groups is 1. The van der Waals surface area contributed by atoms with Crippen LogP contribution in [-0.4, -0.2) is 33.2 Å². The van der Waals surface area contributed by atoms with Crippen LogP contribution in [0.4, 0.5) is 0 Å². The second-order valence-electron chi connectivity index (χ2n) is 6.23. The molecular weight excluding hydrogens is 396 g/mol. The number of benzene rings is 2. The molecule has 0 aromatic heterocycles. The molecule has 0 unspecified atom stereocenters. The van der Waals surface area contributed by atoms with Gasteiger partial charge < -0.3 is 18.8 Å². The summed E-state index contributed by atoms with van der Waals surface area (Å²) in [5.41, 5.74) is 1.03. The molecule has 0 saturated carbocycles. The Morgan fingerprint density at radius 1 is 1.14 bits per heavy atom. The first-order valence-corrected chi connectivity index (χ1v) is 10.4. The van der Waals surface area contributed by atoms with Crippen molar-refractivity contribution in [2.24, 2.45) is 0 Å². The van der Waals surface area contributed by atoms with Crippen LogP contribution in [0.15, 0.2) is 53.1 Å². The van der Waals surface area contributed by atoms with Gasteiger partial charge in [-0.1, -0.05) is 37.6 Å². The highest BCUT2D eigenvalue weighted by Crippen LogP contribution is 2.32. The van der Waals surface area contributed by atoms with E-state index >= 15 is 0 Å². The van der Waals surface area contributed by atoms with E-state index in [1.165, 1.54) is 37.5 Å². The molecule has 0 spiro atoms. The first-order chi connectivity index (χ1) is 13.8. The van der Waals surface area contributed by atoms with Crippen molar-refractivity contribution < 1.29 is 32.0 Å². The zero-order valence-electron chi connectivity index (χ0n) is 16.5. The van der Waals surface area contributed by atoms with Crippen molar-refractivity contribution in [1.82, 2.24) is 0 Å². The molecule has 0 aliphatic carbocycles. The number of carboxylic acid groups (broad SMARTS) is 1. The predicted molar refractivity (Wildman–Crippen MR) is 108 cm³/mol. The molecule has 0 aliphatic rings. The van der Waals surface area contributed by atoms with Gasteiger partial charge in [0, 0.05) is 0 Å². The number of aliphatic carboxylic acids is 1. The number of rotatable bonds is 10. The first-order valence-electron chi connectivity index (χ1n) is 9.04. The molecule has 2 aromatic carbocycles. The molecule has 0 atom stereocenters. The Balaban J connectivity index is 2.42. The summed E-state index contributed by atoms with van der Waals surface area (Å²) in [4.78, 5) is 11.2. The molecule has 0 saturated heterocycles. The lowest BCUT2D eigenvalue weighted by molar-refractivity contribution is -0.135. The van der Waals surface area contributed by atoms with Crippen LogP contribution in [0, 0.1) is 6.92 Å². The van der Waals surface area contributed by atoms with E-state index in [1.54, 1.807) is 25.1 Å². The second-order valence-corrected chi connectivity index (χ2v) is 7.74. The maximum atomic E-state index is 12.7. The minimum atomic E-state index is -4.07. The molecule has 2 aromatic rings. The summed E-state index contributed by atoms with van der Waals surface area (Å²) in [5.74, 6) is -1.25. The molecule has 0 amide bonds. The number of ether oxygens (including phenoxy) is 2. The summed E-state index contributed by atoms with van der Waals surface area (Å²) >= 11 is 0. The van der Waals surface area contributed by atoms with Crippen LogP contribution in [-0.2, 0) is 19.6 Å². The number of methoxy groups -OCH3 is 1. The maximum absolute atomic E-state index is 12.7. The van der Waals surface area contributed by atoms with Crippen molar-refractivity contribution in [3.8, 4) is 11.5 Å². The molecule has 8 heteroatoms. The molecular formula is C21H24O7S. The number of carboxylic acids is 1. The summed E-state index contributed by atoms with van der Waals surface area (Å²) in [7, 11) is -2.81. The van der Waals surface area contributed by atoms with E-state index in [1.807, 2.05) is 6.92 Å². The molecule has 1 N–H and O–H groups in total. The van der Waals surface area contributed by atoms with Gasteiger partial charge >= 0.3 is 16.1 Å². The number of unbranched alkanes of at least 4 members (excludes halogenated alkanes) is 1. The third-order valence-electron chi connectivity index (χ3n) is 4.01. The standard InChI is InChI=1S/C21H24O7S/c1-4-5-12-27-18-13-16(14-19(26-3)21(22)23)10-11-17(18)28-29(24,25)20-9-7-6-8-15(20)2/h6-11,13-14H,4-5,12H2,1-3H3,(H,22,23). The van der Waals surface area contributed by atoms with Crippen LogP contribution in [0.5, 0.6) is 11.5 Å². The minimum absolute atomic E-state index is 0.0239. The van der Waals surface area contributed by atoms with Gasteiger partial charge in [-0.15, -0.1) is 0 Å². The van der Waals surface area contributed by atoms with Crippen LogP contribution in [0.2, 0.25) is 0 Å². The van der Waals surface area contributed by atoms with Crippen molar-refractivity contribution in [1.29, 1.82) is 0 Å². The summed E-state index contributed by atoms with van der Waals surface area (Å²) in [6, 6.07) is 11.0. The average molecular weight is 420 g/mol. The lowest BCUT2D eigenvalue weighted by Crippen LogP contribution is -2.12. The zero-order valence-corrected chi connectivity index (χ0v) is 17.4. The average Bonchev–Trinajstić information content (AvgIpc) is 2.67. The summed E-state index contributed by atoms with van der Waals surface area (Å²) in [6.07, 6.45) is 2.97. The topological polar surface area (TPSA) is 99.1 Å². The molecule has 2 rings (SSSR count). The monoisotopic (exact) mass is 420 g/mol. The van der Waals surface area contributed by atoms with E-state index in [4.69, 9.17) is 18.8 Å². The van der Waals surface area contributed by atoms with Crippen LogP contribution in [0.1, 0.15) is 30.9 Å². The largest absolute Gasteiger partial charge is 0.490 e. The van der Waals surface area contributed by atoms with Gasteiger partial charge in [0.25, 0.3) is 0 Å². The quantitative estimate of drug-likeness (QED) is 0.268. The first kappa shape index (κ1) is 22.3. The molecule has 156 valence electrons. The number of hydrogen-bond donors (Lipinski definition) is 1.